The molecular weight excluding hydrogens is 284 g/mol. The normalized spacial score (nSPS) is 11.7. The molecule has 0 aliphatic rings. The van der Waals surface area contributed by atoms with Crippen molar-refractivity contribution in [3.05, 3.63) is 64.2 Å². The van der Waals surface area contributed by atoms with E-state index in [4.69, 9.17) is 21.6 Å². The van der Waals surface area contributed by atoms with Crippen molar-refractivity contribution in [3.63, 3.8) is 0 Å². The average Bonchev–Trinajstić information content (AvgIpc) is 2.53. The molecule has 0 spiro atoms. The Labute approximate surface area is 130 Å². The van der Waals surface area contributed by atoms with Gasteiger partial charge in [0.2, 0.25) is 0 Å². The van der Waals surface area contributed by atoms with Gasteiger partial charge < -0.3 is 10.1 Å². The minimum atomic E-state index is 0.197. The maximum atomic E-state index is 8.83. The van der Waals surface area contributed by atoms with Gasteiger partial charge in [0.1, 0.15) is 5.75 Å². The molecule has 0 aliphatic carbocycles. The zero-order chi connectivity index (χ0) is 15.2. The number of benzene rings is 2. The molecule has 108 valence electrons. The second-order valence-corrected chi connectivity index (χ2v) is 5.20. The highest BCUT2D eigenvalue weighted by atomic mass is 35.5. The lowest BCUT2D eigenvalue weighted by Gasteiger charge is -2.15. The van der Waals surface area contributed by atoms with Crippen LogP contribution < -0.4 is 10.1 Å². The fourth-order valence-corrected chi connectivity index (χ4v) is 2.28. The van der Waals surface area contributed by atoms with Gasteiger partial charge in [0.25, 0.3) is 0 Å². The number of rotatable bonds is 5. The lowest BCUT2D eigenvalue weighted by Crippen LogP contribution is -2.18. The molecule has 0 radical (unpaired) electrons. The van der Waals surface area contributed by atoms with E-state index in [0.717, 1.165) is 11.3 Å². The van der Waals surface area contributed by atoms with Crippen molar-refractivity contribution in [1.82, 2.24) is 5.32 Å². The molecule has 0 amide bonds. The molecule has 0 aliphatic heterocycles. The number of halogens is 1. The first kappa shape index (κ1) is 15.4. The minimum Gasteiger partial charge on any atom is -0.497 e. The van der Waals surface area contributed by atoms with E-state index in [1.807, 2.05) is 30.3 Å². The first-order chi connectivity index (χ1) is 10.1. The predicted molar refractivity (Wildman–Crippen MR) is 84.4 cm³/mol. The van der Waals surface area contributed by atoms with E-state index < -0.39 is 0 Å². The van der Waals surface area contributed by atoms with Crippen LogP contribution in [0.5, 0.6) is 5.75 Å². The molecule has 0 saturated heterocycles. The number of nitrogens with one attached hydrogen (secondary N) is 1. The van der Waals surface area contributed by atoms with Crippen molar-refractivity contribution in [2.45, 2.75) is 19.5 Å². The van der Waals surface area contributed by atoms with Crippen LogP contribution in [0, 0.1) is 11.3 Å². The van der Waals surface area contributed by atoms with E-state index in [1.54, 1.807) is 19.2 Å². The second-order valence-electron chi connectivity index (χ2n) is 4.79. The van der Waals surface area contributed by atoms with Gasteiger partial charge in [0.15, 0.2) is 0 Å². The van der Waals surface area contributed by atoms with Crippen molar-refractivity contribution < 1.29 is 4.74 Å². The van der Waals surface area contributed by atoms with E-state index >= 15 is 0 Å². The van der Waals surface area contributed by atoms with Crippen LogP contribution >= 0.6 is 11.6 Å². The number of nitriles is 1. The molecule has 0 heterocycles. The van der Waals surface area contributed by atoms with Gasteiger partial charge in [-0.2, -0.15) is 5.26 Å². The highest BCUT2D eigenvalue weighted by Gasteiger charge is 2.07. The molecule has 0 bridgehead atoms. The molecule has 0 unspecified atom stereocenters. The van der Waals surface area contributed by atoms with Gasteiger partial charge in [-0.3, -0.25) is 0 Å². The summed E-state index contributed by atoms with van der Waals surface area (Å²) >= 11 is 6.17. The number of hydrogen-bond donors (Lipinski definition) is 1. The number of ether oxygens (including phenoxy) is 1. The van der Waals surface area contributed by atoms with E-state index in [1.165, 1.54) is 5.56 Å². The Morgan fingerprint density at radius 3 is 2.52 bits per heavy atom. The topological polar surface area (TPSA) is 45.0 Å². The van der Waals surface area contributed by atoms with E-state index in [9.17, 15) is 0 Å². The zero-order valence-electron chi connectivity index (χ0n) is 12.1. The third kappa shape index (κ3) is 3.98. The third-order valence-corrected chi connectivity index (χ3v) is 3.75. The molecular formula is C17H17ClN2O. The lowest BCUT2D eigenvalue weighted by molar-refractivity contribution is 0.414. The molecule has 0 saturated carbocycles. The van der Waals surface area contributed by atoms with Crippen LogP contribution in [0.1, 0.15) is 29.7 Å². The Morgan fingerprint density at radius 1 is 1.24 bits per heavy atom. The van der Waals surface area contributed by atoms with Gasteiger partial charge in [-0.25, -0.2) is 0 Å². The molecule has 2 rings (SSSR count). The maximum Gasteiger partial charge on any atom is 0.118 e. The Kier molecular flexibility index (Phi) is 5.21. The average molecular weight is 301 g/mol. The van der Waals surface area contributed by atoms with E-state index in [-0.39, 0.29) is 6.04 Å². The molecule has 1 atom stereocenters. The van der Waals surface area contributed by atoms with Crippen LogP contribution in [-0.4, -0.2) is 7.11 Å². The molecule has 2 aromatic rings. The summed E-state index contributed by atoms with van der Waals surface area (Å²) in [7, 11) is 1.66. The van der Waals surface area contributed by atoms with Gasteiger partial charge in [-0.05, 0) is 42.3 Å². The summed E-state index contributed by atoms with van der Waals surface area (Å²) in [6.07, 6.45) is 0. The van der Waals surface area contributed by atoms with Crippen LogP contribution in [0.3, 0.4) is 0 Å². The molecule has 21 heavy (non-hydrogen) atoms. The van der Waals surface area contributed by atoms with Crippen molar-refractivity contribution in [2.24, 2.45) is 0 Å². The second kappa shape index (κ2) is 7.12. The van der Waals surface area contributed by atoms with Crippen LogP contribution in [0.15, 0.2) is 42.5 Å². The Balaban J connectivity index is 2.00. The number of methoxy groups -OCH3 is 1. The zero-order valence-corrected chi connectivity index (χ0v) is 12.8. The van der Waals surface area contributed by atoms with Gasteiger partial charge in [-0.15, -0.1) is 0 Å². The Morgan fingerprint density at radius 2 is 1.95 bits per heavy atom. The van der Waals surface area contributed by atoms with E-state index in [0.29, 0.717) is 17.1 Å². The summed E-state index contributed by atoms with van der Waals surface area (Å²) in [6, 6.07) is 15.6. The number of nitrogens with zero attached hydrogens (tertiary/aromatic N) is 1. The SMILES string of the molecule is COc1ccc([C@@H](C)NCc2ccc(C#N)cc2Cl)cc1. The molecule has 0 aromatic heterocycles. The largest absolute Gasteiger partial charge is 0.497 e. The van der Waals surface area contributed by atoms with Crippen molar-refractivity contribution >= 4 is 11.6 Å². The van der Waals surface area contributed by atoms with Gasteiger partial charge in [0.05, 0.1) is 18.7 Å². The van der Waals surface area contributed by atoms with Crippen LogP contribution in [0.4, 0.5) is 0 Å². The molecule has 2 aromatic carbocycles. The first-order valence-electron chi connectivity index (χ1n) is 6.70. The third-order valence-electron chi connectivity index (χ3n) is 3.40. The van der Waals surface area contributed by atoms with Crippen molar-refractivity contribution in [1.29, 1.82) is 5.26 Å². The molecule has 1 N–H and O–H groups in total. The van der Waals surface area contributed by atoms with Gasteiger partial charge >= 0.3 is 0 Å². The predicted octanol–water partition coefficient (Wildman–Crippen LogP) is 4.07. The molecule has 3 nitrogen and oxygen atoms in total. The summed E-state index contributed by atoms with van der Waals surface area (Å²) in [6.45, 7) is 2.75. The highest BCUT2D eigenvalue weighted by molar-refractivity contribution is 6.31. The summed E-state index contributed by atoms with van der Waals surface area (Å²) in [5.41, 5.74) is 2.74. The van der Waals surface area contributed by atoms with Crippen molar-refractivity contribution in [3.8, 4) is 11.8 Å². The maximum absolute atomic E-state index is 8.83. The molecule has 0 fully saturated rings. The number of hydrogen-bond acceptors (Lipinski definition) is 3. The van der Waals surface area contributed by atoms with Crippen LogP contribution in [0.2, 0.25) is 5.02 Å². The first-order valence-corrected chi connectivity index (χ1v) is 7.07. The summed E-state index contributed by atoms with van der Waals surface area (Å²) in [5, 5.41) is 12.9. The lowest BCUT2D eigenvalue weighted by atomic mass is 10.1. The standard InChI is InChI=1S/C17H17ClN2O/c1-12(14-5-7-16(21-2)8-6-14)20-11-15-4-3-13(10-19)9-17(15)18/h3-9,12,20H,11H2,1-2H3/t12-/m1/s1. The minimum absolute atomic E-state index is 0.197. The van der Waals surface area contributed by atoms with Crippen LogP contribution in [0.25, 0.3) is 0 Å². The highest BCUT2D eigenvalue weighted by Crippen LogP contribution is 2.20. The van der Waals surface area contributed by atoms with Gasteiger partial charge in [-0.1, -0.05) is 29.8 Å². The quantitative estimate of drug-likeness (QED) is 0.905. The monoisotopic (exact) mass is 300 g/mol. The summed E-state index contributed by atoms with van der Waals surface area (Å²) in [5.74, 6) is 0.848. The smallest absolute Gasteiger partial charge is 0.118 e. The fourth-order valence-electron chi connectivity index (χ4n) is 2.03. The van der Waals surface area contributed by atoms with Crippen molar-refractivity contribution in [2.75, 3.05) is 7.11 Å². The fraction of sp³-hybridized carbons (Fsp3) is 0.235. The van der Waals surface area contributed by atoms with Crippen LogP contribution in [-0.2, 0) is 6.54 Å². The van der Waals surface area contributed by atoms with Gasteiger partial charge in [0, 0.05) is 17.6 Å². The van der Waals surface area contributed by atoms with E-state index in [2.05, 4.69) is 18.3 Å². The molecule has 4 heteroatoms. The summed E-state index contributed by atoms with van der Waals surface area (Å²) in [4.78, 5) is 0. The summed E-state index contributed by atoms with van der Waals surface area (Å²) < 4.78 is 5.15. The Hall–Kier alpha value is -2.02. The Bertz CT molecular complexity index is 647.